The van der Waals surface area contributed by atoms with Gasteiger partial charge in [-0.05, 0) is 55.7 Å². The maximum atomic E-state index is 12.3. The van der Waals surface area contributed by atoms with E-state index in [9.17, 15) is 14.9 Å². The maximum Gasteiger partial charge on any atom is 0.348 e. The Bertz CT molecular complexity index is 912. The van der Waals surface area contributed by atoms with Gasteiger partial charge in [0, 0.05) is 5.56 Å². The quantitative estimate of drug-likeness (QED) is 0.585. The van der Waals surface area contributed by atoms with Gasteiger partial charge in [0.25, 0.3) is 5.91 Å². The van der Waals surface area contributed by atoms with Crippen LogP contribution in [-0.4, -0.2) is 23.6 Å². The highest BCUT2D eigenvalue weighted by Crippen LogP contribution is 2.33. The molecule has 0 spiro atoms. The second-order valence-corrected chi connectivity index (χ2v) is 6.98. The number of nitriles is 1. The van der Waals surface area contributed by atoms with Gasteiger partial charge in [0.1, 0.15) is 15.9 Å². The van der Waals surface area contributed by atoms with Gasteiger partial charge in [0.15, 0.2) is 5.11 Å². The number of rotatable bonds is 5. The molecule has 8 heteroatoms. The van der Waals surface area contributed by atoms with E-state index in [4.69, 9.17) is 17.0 Å². The van der Waals surface area contributed by atoms with Gasteiger partial charge in [-0.25, -0.2) is 4.79 Å². The van der Waals surface area contributed by atoms with Gasteiger partial charge in [-0.3, -0.25) is 10.1 Å². The highest BCUT2D eigenvalue weighted by molar-refractivity contribution is 7.80. The topological polar surface area (TPSA) is 91.2 Å². The highest BCUT2D eigenvalue weighted by atomic mass is 32.1. The molecule has 27 heavy (non-hydrogen) atoms. The molecule has 0 unspecified atom stereocenters. The van der Waals surface area contributed by atoms with Crippen LogP contribution in [0.4, 0.5) is 5.00 Å². The van der Waals surface area contributed by atoms with Crippen molar-refractivity contribution in [1.29, 1.82) is 5.26 Å². The summed E-state index contributed by atoms with van der Waals surface area (Å²) < 4.78 is 5.00. The van der Waals surface area contributed by atoms with Crippen molar-refractivity contribution in [2.75, 3.05) is 11.9 Å². The number of esters is 1. The number of thiocarbonyl (C=S) groups is 1. The van der Waals surface area contributed by atoms with E-state index < -0.39 is 5.97 Å². The number of amides is 1. The molecular weight excluding hydrogens is 382 g/mol. The van der Waals surface area contributed by atoms with Crippen LogP contribution in [0.5, 0.6) is 0 Å². The number of nitrogens with one attached hydrogen (secondary N) is 2. The summed E-state index contributed by atoms with van der Waals surface area (Å²) in [6.07, 6.45) is 0.888. The first-order valence-electron chi connectivity index (χ1n) is 8.33. The molecule has 1 aromatic carbocycles. The van der Waals surface area contributed by atoms with Crippen molar-refractivity contribution in [2.24, 2.45) is 0 Å². The molecule has 1 aromatic heterocycles. The number of ether oxygens (including phenoxy) is 1. The molecule has 1 amide bonds. The first-order valence-corrected chi connectivity index (χ1v) is 9.55. The molecule has 0 fully saturated rings. The van der Waals surface area contributed by atoms with E-state index in [1.54, 1.807) is 26.0 Å². The van der Waals surface area contributed by atoms with E-state index >= 15 is 0 Å². The number of nitrogens with zero attached hydrogens (tertiary/aromatic N) is 1. The second kappa shape index (κ2) is 9.26. The summed E-state index contributed by atoms with van der Waals surface area (Å²) in [6, 6.07) is 9.27. The Kier molecular flexibility index (Phi) is 7.05. The third kappa shape index (κ3) is 4.90. The highest BCUT2D eigenvalue weighted by Gasteiger charge is 2.22. The third-order valence-electron chi connectivity index (χ3n) is 3.80. The van der Waals surface area contributed by atoms with Gasteiger partial charge >= 0.3 is 5.97 Å². The zero-order chi connectivity index (χ0) is 20.0. The fraction of sp³-hybridized carbons (Fsp3) is 0.263. The van der Waals surface area contributed by atoms with Gasteiger partial charge < -0.3 is 10.1 Å². The summed E-state index contributed by atoms with van der Waals surface area (Å²) in [5.41, 5.74) is 2.43. The van der Waals surface area contributed by atoms with E-state index in [2.05, 4.69) is 16.7 Å². The standard InChI is InChI=1S/C19H19N3O3S2/c1-4-12-6-8-13(9-7-12)16(23)21-19(26)22-17-14(10-20)11(3)15(27-17)18(24)25-5-2/h6-9H,4-5H2,1-3H3,(H2,21,22,23,26). The average Bonchev–Trinajstić information content (AvgIpc) is 2.97. The van der Waals surface area contributed by atoms with E-state index in [1.165, 1.54) is 0 Å². The third-order valence-corrected chi connectivity index (χ3v) is 5.19. The van der Waals surface area contributed by atoms with Crippen LogP contribution in [0.25, 0.3) is 0 Å². The predicted molar refractivity (Wildman–Crippen MR) is 109 cm³/mol. The number of anilines is 1. The summed E-state index contributed by atoms with van der Waals surface area (Å²) in [7, 11) is 0. The average molecular weight is 402 g/mol. The first-order chi connectivity index (χ1) is 12.9. The fourth-order valence-corrected chi connectivity index (χ4v) is 3.64. The number of carbonyl (C=O) groups is 2. The number of benzene rings is 1. The van der Waals surface area contributed by atoms with Crippen molar-refractivity contribution in [3.8, 4) is 6.07 Å². The minimum absolute atomic E-state index is 0.0488. The normalized spacial score (nSPS) is 10.0. The Hall–Kier alpha value is -2.76. The number of thiophene rings is 1. The molecule has 0 aliphatic rings. The minimum Gasteiger partial charge on any atom is -0.462 e. The molecule has 0 saturated heterocycles. The Morgan fingerprint density at radius 3 is 2.48 bits per heavy atom. The molecule has 1 heterocycles. The monoisotopic (exact) mass is 401 g/mol. The van der Waals surface area contributed by atoms with Crippen LogP contribution in [0, 0.1) is 18.3 Å². The zero-order valence-electron chi connectivity index (χ0n) is 15.2. The smallest absolute Gasteiger partial charge is 0.348 e. The lowest BCUT2D eigenvalue weighted by molar-refractivity contribution is 0.0531. The van der Waals surface area contributed by atoms with Crippen molar-refractivity contribution in [3.05, 3.63) is 51.4 Å². The lowest BCUT2D eigenvalue weighted by Gasteiger charge is -2.09. The molecule has 0 atom stereocenters. The van der Waals surface area contributed by atoms with Crippen molar-refractivity contribution in [2.45, 2.75) is 27.2 Å². The van der Waals surface area contributed by atoms with Crippen LogP contribution < -0.4 is 10.6 Å². The maximum absolute atomic E-state index is 12.3. The SMILES string of the molecule is CCOC(=O)c1sc(NC(=S)NC(=O)c2ccc(CC)cc2)c(C#N)c1C. The van der Waals surface area contributed by atoms with Crippen LogP contribution in [0.1, 0.15) is 50.6 Å². The fourth-order valence-electron chi connectivity index (χ4n) is 2.33. The molecule has 0 aliphatic carbocycles. The molecule has 2 rings (SSSR count). The lowest BCUT2D eigenvalue weighted by Crippen LogP contribution is -2.34. The molecule has 0 bridgehead atoms. The van der Waals surface area contributed by atoms with Crippen LogP contribution in [0.15, 0.2) is 24.3 Å². The van der Waals surface area contributed by atoms with Crippen molar-refractivity contribution in [1.82, 2.24) is 5.32 Å². The van der Waals surface area contributed by atoms with Crippen molar-refractivity contribution < 1.29 is 14.3 Å². The summed E-state index contributed by atoms with van der Waals surface area (Å²) in [5, 5.41) is 15.2. The number of carbonyl (C=O) groups excluding carboxylic acids is 2. The summed E-state index contributed by atoms with van der Waals surface area (Å²) in [4.78, 5) is 24.6. The van der Waals surface area contributed by atoms with Crippen LogP contribution >= 0.6 is 23.6 Å². The van der Waals surface area contributed by atoms with E-state index in [1.807, 2.05) is 19.1 Å². The Morgan fingerprint density at radius 2 is 1.93 bits per heavy atom. The van der Waals surface area contributed by atoms with Crippen molar-refractivity contribution in [3.63, 3.8) is 0 Å². The number of hydrogen-bond donors (Lipinski definition) is 2. The van der Waals surface area contributed by atoms with Gasteiger partial charge in [0.2, 0.25) is 0 Å². The lowest BCUT2D eigenvalue weighted by atomic mass is 10.1. The zero-order valence-corrected chi connectivity index (χ0v) is 16.8. The van der Waals surface area contributed by atoms with E-state index in [0.717, 1.165) is 23.3 Å². The largest absolute Gasteiger partial charge is 0.462 e. The van der Waals surface area contributed by atoms with Gasteiger partial charge in [0.05, 0.1) is 12.2 Å². The number of aryl methyl sites for hydroxylation is 1. The van der Waals surface area contributed by atoms with E-state index in [0.29, 0.717) is 26.6 Å². The Morgan fingerprint density at radius 1 is 1.26 bits per heavy atom. The predicted octanol–water partition coefficient (Wildman–Crippen LogP) is 3.79. The minimum atomic E-state index is -0.490. The van der Waals surface area contributed by atoms with Gasteiger partial charge in [-0.1, -0.05) is 19.1 Å². The molecule has 0 radical (unpaired) electrons. The van der Waals surface area contributed by atoms with Crippen LogP contribution in [0.3, 0.4) is 0 Å². The van der Waals surface area contributed by atoms with Gasteiger partial charge in [-0.2, -0.15) is 5.26 Å². The molecule has 0 saturated carbocycles. The van der Waals surface area contributed by atoms with Gasteiger partial charge in [-0.15, -0.1) is 11.3 Å². The molecule has 2 N–H and O–H groups in total. The first kappa shape index (κ1) is 20.6. The van der Waals surface area contributed by atoms with Crippen molar-refractivity contribution >= 4 is 45.5 Å². The molecule has 6 nitrogen and oxygen atoms in total. The second-order valence-electron chi connectivity index (χ2n) is 5.55. The Labute approximate surface area is 167 Å². The summed E-state index contributed by atoms with van der Waals surface area (Å²) >= 11 is 6.24. The molecule has 0 aliphatic heterocycles. The van der Waals surface area contributed by atoms with E-state index in [-0.39, 0.29) is 17.6 Å². The Balaban J connectivity index is 2.12. The summed E-state index contributed by atoms with van der Waals surface area (Å²) in [5.74, 6) is -0.844. The molecule has 140 valence electrons. The molecule has 2 aromatic rings. The summed E-state index contributed by atoms with van der Waals surface area (Å²) in [6.45, 7) is 5.66. The van der Waals surface area contributed by atoms with Crippen LogP contribution in [-0.2, 0) is 11.2 Å². The molecular formula is C19H19N3O3S2. The van der Waals surface area contributed by atoms with Crippen LogP contribution in [0.2, 0.25) is 0 Å². The number of hydrogen-bond acceptors (Lipinski definition) is 6.